The number of rotatable bonds is 5. The molecular weight excluding hydrogens is 285 g/mol. The molecule has 114 valence electrons. The van der Waals surface area contributed by atoms with E-state index in [9.17, 15) is 13.2 Å². The van der Waals surface area contributed by atoms with Gasteiger partial charge in [0.1, 0.15) is 0 Å². The highest BCUT2D eigenvalue weighted by atomic mass is 32.1. The quantitative estimate of drug-likeness (QED) is 0.846. The normalized spacial score (nSPS) is 19.2. The van der Waals surface area contributed by atoms with E-state index >= 15 is 0 Å². The van der Waals surface area contributed by atoms with Crippen LogP contribution in [0.4, 0.5) is 13.2 Å². The summed E-state index contributed by atoms with van der Waals surface area (Å²) in [7, 11) is 1.80. The van der Waals surface area contributed by atoms with Crippen molar-refractivity contribution < 1.29 is 13.2 Å². The van der Waals surface area contributed by atoms with E-state index in [-0.39, 0.29) is 6.04 Å². The average Bonchev–Trinajstić information content (AvgIpc) is 2.90. The van der Waals surface area contributed by atoms with Crippen LogP contribution in [0.15, 0.2) is 6.20 Å². The monoisotopic (exact) mass is 306 g/mol. The van der Waals surface area contributed by atoms with Crippen LogP contribution in [0.5, 0.6) is 0 Å². The van der Waals surface area contributed by atoms with Crippen molar-refractivity contribution in [3.05, 3.63) is 16.1 Å². The van der Waals surface area contributed by atoms with Gasteiger partial charge >= 0.3 is 6.18 Å². The summed E-state index contributed by atoms with van der Waals surface area (Å²) in [6, 6.07) is -0.00877. The van der Waals surface area contributed by atoms with Crippen LogP contribution in [-0.4, -0.2) is 12.0 Å². The molecule has 1 N–H and O–H groups in total. The van der Waals surface area contributed by atoms with Crippen LogP contribution in [0.3, 0.4) is 0 Å². The first-order valence-corrected chi connectivity index (χ1v) is 8.02. The molecule has 1 fully saturated rings. The molecule has 6 heteroatoms. The van der Waals surface area contributed by atoms with Crippen molar-refractivity contribution in [3.63, 3.8) is 0 Å². The molecule has 2 rings (SSSR count). The molecule has 0 radical (unpaired) electrons. The fourth-order valence-electron chi connectivity index (χ4n) is 2.89. The zero-order valence-electron chi connectivity index (χ0n) is 11.7. The lowest BCUT2D eigenvalue weighted by atomic mass is 9.85. The van der Waals surface area contributed by atoms with Gasteiger partial charge in [0.05, 0.1) is 0 Å². The van der Waals surface area contributed by atoms with Gasteiger partial charge in [0.25, 0.3) is 0 Å². The molecule has 2 nitrogen and oxygen atoms in total. The second-order valence-corrected chi connectivity index (χ2v) is 6.55. The number of aromatic nitrogens is 1. The SMILES string of the molecule is CNC(CCC1CCCCC1)c1cnc(C(F)(F)F)s1. The van der Waals surface area contributed by atoms with Crippen LogP contribution in [0, 0.1) is 5.92 Å². The Balaban J connectivity index is 1.92. The summed E-state index contributed by atoms with van der Waals surface area (Å²) in [5, 5.41) is 2.38. The summed E-state index contributed by atoms with van der Waals surface area (Å²) < 4.78 is 37.7. The van der Waals surface area contributed by atoms with Crippen LogP contribution >= 0.6 is 11.3 Å². The third-order valence-electron chi connectivity index (χ3n) is 4.05. The molecular formula is C14H21F3N2S. The van der Waals surface area contributed by atoms with Crippen molar-refractivity contribution >= 4 is 11.3 Å². The predicted molar refractivity (Wildman–Crippen MR) is 74.7 cm³/mol. The van der Waals surface area contributed by atoms with Crippen molar-refractivity contribution in [3.8, 4) is 0 Å². The number of halogens is 3. The third-order valence-corrected chi connectivity index (χ3v) is 5.20. The lowest BCUT2D eigenvalue weighted by Crippen LogP contribution is -2.17. The Morgan fingerprint density at radius 1 is 1.35 bits per heavy atom. The zero-order chi connectivity index (χ0) is 14.6. The Bertz CT molecular complexity index is 411. The first-order valence-electron chi connectivity index (χ1n) is 7.21. The summed E-state index contributed by atoms with van der Waals surface area (Å²) in [4.78, 5) is 4.19. The summed E-state index contributed by atoms with van der Waals surface area (Å²) in [6.45, 7) is 0. The highest BCUT2D eigenvalue weighted by molar-refractivity contribution is 7.11. The van der Waals surface area contributed by atoms with Gasteiger partial charge in [-0.15, -0.1) is 11.3 Å². The van der Waals surface area contributed by atoms with E-state index in [1.807, 2.05) is 0 Å². The van der Waals surface area contributed by atoms with E-state index in [1.54, 1.807) is 7.05 Å². The smallest absolute Gasteiger partial charge is 0.312 e. The molecule has 1 aromatic heterocycles. The first kappa shape index (κ1) is 15.8. The molecule has 0 aliphatic heterocycles. The van der Waals surface area contributed by atoms with E-state index < -0.39 is 11.2 Å². The van der Waals surface area contributed by atoms with Crippen molar-refractivity contribution in [1.29, 1.82) is 0 Å². The van der Waals surface area contributed by atoms with Gasteiger partial charge in [-0.25, -0.2) is 4.98 Å². The molecule has 0 amide bonds. The van der Waals surface area contributed by atoms with E-state index in [0.717, 1.165) is 30.1 Å². The summed E-state index contributed by atoms with van der Waals surface area (Å²) >= 11 is 0.760. The van der Waals surface area contributed by atoms with Gasteiger partial charge in [0.15, 0.2) is 5.01 Å². The van der Waals surface area contributed by atoms with E-state index in [1.165, 1.54) is 38.3 Å². The van der Waals surface area contributed by atoms with Crippen molar-refractivity contribution in [2.75, 3.05) is 7.05 Å². The van der Waals surface area contributed by atoms with Crippen LogP contribution in [-0.2, 0) is 6.18 Å². The van der Waals surface area contributed by atoms with Gasteiger partial charge in [-0.05, 0) is 25.8 Å². The molecule has 1 aromatic rings. The molecule has 0 saturated heterocycles. The molecule has 0 bridgehead atoms. The Morgan fingerprint density at radius 2 is 2.05 bits per heavy atom. The van der Waals surface area contributed by atoms with E-state index in [4.69, 9.17) is 0 Å². The molecule has 1 unspecified atom stereocenters. The number of thiazole rings is 1. The molecule has 1 saturated carbocycles. The van der Waals surface area contributed by atoms with Gasteiger partial charge in [-0.1, -0.05) is 32.1 Å². The highest BCUT2D eigenvalue weighted by Crippen LogP contribution is 2.36. The maximum absolute atomic E-state index is 12.6. The summed E-state index contributed by atoms with van der Waals surface area (Å²) in [6.07, 6.45) is 5.49. The van der Waals surface area contributed by atoms with Crippen molar-refractivity contribution in [1.82, 2.24) is 10.3 Å². The number of nitrogens with one attached hydrogen (secondary N) is 1. The summed E-state index contributed by atoms with van der Waals surface area (Å²) in [5.74, 6) is 0.745. The average molecular weight is 306 g/mol. The molecule has 0 aromatic carbocycles. The second kappa shape index (κ2) is 6.89. The lowest BCUT2D eigenvalue weighted by Gasteiger charge is -2.23. The number of nitrogens with zero attached hydrogens (tertiary/aromatic N) is 1. The number of hydrogen-bond acceptors (Lipinski definition) is 3. The van der Waals surface area contributed by atoms with Crippen molar-refractivity contribution in [2.24, 2.45) is 5.92 Å². The zero-order valence-corrected chi connectivity index (χ0v) is 12.5. The van der Waals surface area contributed by atoms with E-state index in [2.05, 4.69) is 10.3 Å². The van der Waals surface area contributed by atoms with Gasteiger partial charge < -0.3 is 5.32 Å². The van der Waals surface area contributed by atoms with Gasteiger partial charge in [-0.3, -0.25) is 0 Å². The Hall–Kier alpha value is -0.620. The van der Waals surface area contributed by atoms with Gasteiger partial charge in [-0.2, -0.15) is 13.2 Å². The predicted octanol–water partition coefficient (Wildman–Crippen LogP) is 4.78. The first-order chi connectivity index (χ1) is 9.50. The number of hydrogen-bond donors (Lipinski definition) is 1. The topological polar surface area (TPSA) is 24.9 Å². The Morgan fingerprint density at radius 3 is 2.60 bits per heavy atom. The Labute approximate surface area is 121 Å². The van der Waals surface area contributed by atoms with Crippen LogP contribution in [0.1, 0.15) is 60.9 Å². The maximum Gasteiger partial charge on any atom is 0.443 e. The molecule has 1 heterocycles. The standard InChI is InChI=1S/C14H21F3N2S/c1-18-11(8-7-10-5-3-2-4-6-10)12-9-19-13(20-12)14(15,16)17/h9-11,18H,2-8H2,1H3. The Kier molecular flexibility index (Phi) is 5.43. The molecule has 0 spiro atoms. The molecule has 1 atom stereocenters. The third kappa shape index (κ3) is 4.19. The lowest BCUT2D eigenvalue weighted by molar-refractivity contribution is -0.137. The van der Waals surface area contributed by atoms with Gasteiger partial charge in [0.2, 0.25) is 0 Å². The minimum Gasteiger partial charge on any atom is -0.312 e. The van der Waals surface area contributed by atoms with E-state index in [0.29, 0.717) is 4.88 Å². The molecule has 1 aliphatic rings. The number of alkyl halides is 3. The van der Waals surface area contributed by atoms with Gasteiger partial charge in [0, 0.05) is 17.1 Å². The highest BCUT2D eigenvalue weighted by Gasteiger charge is 2.35. The molecule has 1 aliphatic carbocycles. The van der Waals surface area contributed by atoms with Crippen LogP contribution in [0.25, 0.3) is 0 Å². The minimum atomic E-state index is -4.33. The van der Waals surface area contributed by atoms with Crippen molar-refractivity contribution in [2.45, 2.75) is 57.2 Å². The minimum absolute atomic E-state index is 0.00877. The molecule has 20 heavy (non-hydrogen) atoms. The van der Waals surface area contributed by atoms with Crippen LogP contribution in [0.2, 0.25) is 0 Å². The van der Waals surface area contributed by atoms with Crippen LogP contribution < -0.4 is 5.32 Å². The largest absolute Gasteiger partial charge is 0.443 e. The fraction of sp³-hybridized carbons (Fsp3) is 0.786. The fourth-order valence-corrected chi connectivity index (χ4v) is 3.81. The summed E-state index contributed by atoms with van der Waals surface area (Å²) in [5.41, 5.74) is 0. The maximum atomic E-state index is 12.6. The second-order valence-electron chi connectivity index (χ2n) is 5.49.